The Bertz CT molecular complexity index is 524. The lowest BCUT2D eigenvalue weighted by Crippen LogP contribution is -2.11. The Hall–Kier alpha value is -1.00. The lowest BCUT2D eigenvalue weighted by atomic mass is 10.2. The summed E-state index contributed by atoms with van der Waals surface area (Å²) in [6.45, 7) is 2.10. The van der Waals surface area contributed by atoms with Crippen molar-refractivity contribution in [1.82, 2.24) is 9.78 Å². The Balaban J connectivity index is 2.19. The maximum atomic E-state index is 5.91. The molecular formula is C12H13BrClN3. The lowest BCUT2D eigenvalue weighted by Gasteiger charge is -2.16. The molecule has 1 N–H and O–H groups in total. The van der Waals surface area contributed by atoms with E-state index in [-0.39, 0.29) is 6.04 Å². The minimum absolute atomic E-state index is 0.181. The molecule has 0 aliphatic rings. The minimum Gasteiger partial charge on any atom is -0.376 e. The van der Waals surface area contributed by atoms with E-state index in [9.17, 15) is 0 Å². The lowest BCUT2D eigenvalue weighted by molar-refractivity contribution is 0.675. The van der Waals surface area contributed by atoms with E-state index in [4.69, 9.17) is 11.6 Å². The van der Waals surface area contributed by atoms with Crippen LogP contribution in [-0.2, 0) is 7.05 Å². The molecule has 0 aliphatic carbocycles. The van der Waals surface area contributed by atoms with Gasteiger partial charge in [0.1, 0.15) is 0 Å². The van der Waals surface area contributed by atoms with Crippen molar-refractivity contribution in [3.05, 3.63) is 45.7 Å². The Morgan fingerprint density at radius 1 is 1.41 bits per heavy atom. The predicted octanol–water partition coefficient (Wildman–Crippen LogP) is 4.01. The first-order valence-electron chi connectivity index (χ1n) is 5.27. The molecule has 1 aromatic heterocycles. The van der Waals surface area contributed by atoms with E-state index in [1.807, 2.05) is 36.0 Å². The third kappa shape index (κ3) is 2.82. The summed E-state index contributed by atoms with van der Waals surface area (Å²) in [5.41, 5.74) is 2.15. The van der Waals surface area contributed by atoms with Crippen LogP contribution in [0.4, 0.5) is 5.69 Å². The van der Waals surface area contributed by atoms with Crippen LogP contribution in [0.25, 0.3) is 0 Å². The predicted molar refractivity (Wildman–Crippen MR) is 74.4 cm³/mol. The molecule has 0 radical (unpaired) electrons. The molecule has 1 aromatic carbocycles. The number of hydrogen-bond donors (Lipinski definition) is 1. The third-order valence-corrected chi connectivity index (χ3v) is 3.50. The van der Waals surface area contributed by atoms with Gasteiger partial charge in [0.25, 0.3) is 0 Å². The van der Waals surface area contributed by atoms with Crippen molar-refractivity contribution in [2.75, 3.05) is 5.32 Å². The average Bonchev–Trinajstić information content (AvgIpc) is 2.68. The van der Waals surface area contributed by atoms with Gasteiger partial charge in [0.15, 0.2) is 0 Å². The highest BCUT2D eigenvalue weighted by Gasteiger charge is 2.10. The van der Waals surface area contributed by atoms with E-state index < -0.39 is 0 Å². The second-order valence-electron chi connectivity index (χ2n) is 3.87. The van der Waals surface area contributed by atoms with Crippen molar-refractivity contribution in [3.63, 3.8) is 0 Å². The molecule has 90 valence electrons. The molecule has 0 spiro atoms. The first-order chi connectivity index (χ1) is 8.08. The number of anilines is 1. The highest BCUT2D eigenvalue weighted by Crippen LogP contribution is 2.28. The van der Waals surface area contributed by atoms with E-state index in [2.05, 4.69) is 33.3 Å². The van der Waals surface area contributed by atoms with Gasteiger partial charge in [-0.2, -0.15) is 5.10 Å². The van der Waals surface area contributed by atoms with E-state index in [0.29, 0.717) is 0 Å². The number of nitrogens with one attached hydrogen (secondary N) is 1. The van der Waals surface area contributed by atoms with Crippen molar-refractivity contribution in [1.29, 1.82) is 0 Å². The molecule has 0 amide bonds. The summed E-state index contributed by atoms with van der Waals surface area (Å²) in [5, 5.41) is 8.29. The zero-order valence-corrected chi connectivity index (χ0v) is 12.0. The molecule has 5 heteroatoms. The second kappa shape index (κ2) is 5.10. The summed E-state index contributed by atoms with van der Waals surface area (Å²) in [5.74, 6) is 0. The van der Waals surface area contributed by atoms with Crippen molar-refractivity contribution >= 4 is 33.2 Å². The van der Waals surface area contributed by atoms with Gasteiger partial charge in [-0.3, -0.25) is 4.68 Å². The quantitative estimate of drug-likeness (QED) is 0.927. The van der Waals surface area contributed by atoms with Gasteiger partial charge in [-0.1, -0.05) is 11.6 Å². The summed E-state index contributed by atoms with van der Waals surface area (Å²) in [4.78, 5) is 0. The molecule has 0 saturated heterocycles. The molecule has 0 bridgehead atoms. The van der Waals surface area contributed by atoms with Crippen LogP contribution in [0, 0.1) is 0 Å². The van der Waals surface area contributed by atoms with Crippen molar-refractivity contribution < 1.29 is 0 Å². The molecule has 1 atom stereocenters. The molecule has 1 heterocycles. The van der Waals surface area contributed by atoms with E-state index in [0.717, 1.165) is 20.9 Å². The van der Waals surface area contributed by atoms with Gasteiger partial charge in [-0.25, -0.2) is 0 Å². The van der Waals surface area contributed by atoms with Gasteiger partial charge in [-0.05, 0) is 47.1 Å². The number of hydrogen-bond acceptors (Lipinski definition) is 2. The smallest absolute Gasteiger partial charge is 0.0654 e. The number of aromatic nitrogens is 2. The van der Waals surface area contributed by atoms with E-state index in [1.54, 1.807) is 6.20 Å². The fraction of sp³-hybridized carbons (Fsp3) is 0.250. The highest BCUT2D eigenvalue weighted by atomic mass is 79.9. The van der Waals surface area contributed by atoms with Gasteiger partial charge in [0, 0.05) is 28.4 Å². The molecule has 17 heavy (non-hydrogen) atoms. The number of rotatable bonds is 3. The molecule has 2 aromatic rings. The van der Waals surface area contributed by atoms with E-state index in [1.165, 1.54) is 0 Å². The first-order valence-corrected chi connectivity index (χ1v) is 6.44. The standard InChI is InChI=1S/C12H13BrClN3/c1-8(12-5-6-15-17(12)2)16-11-4-3-9(14)7-10(11)13/h3-8,16H,1-2H3. The van der Waals surface area contributed by atoms with Crippen LogP contribution < -0.4 is 5.32 Å². The van der Waals surface area contributed by atoms with Crippen LogP contribution in [0.5, 0.6) is 0 Å². The Morgan fingerprint density at radius 3 is 2.76 bits per heavy atom. The molecule has 0 fully saturated rings. The van der Waals surface area contributed by atoms with Crippen molar-refractivity contribution in [2.45, 2.75) is 13.0 Å². The van der Waals surface area contributed by atoms with Gasteiger partial charge >= 0.3 is 0 Å². The fourth-order valence-corrected chi connectivity index (χ4v) is 2.52. The molecule has 2 rings (SSSR count). The van der Waals surface area contributed by atoms with Crippen LogP contribution in [0.1, 0.15) is 18.7 Å². The van der Waals surface area contributed by atoms with Crippen LogP contribution in [-0.4, -0.2) is 9.78 Å². The summed E-state index contributed by atoms with van der Waals surface area (Å²) in [6.07, 6.45) is 1.80. The summed E-state index contributed by atoms with van der Waals surface area (Å²) < 4.78 is 2.82. The van der Waals surface area contributed by atoms with Crippen molar-refractivity contribution in [2.24, 2.45) is 7.05 Å². The van der Waals surface area contributed by atoms with Crippen LogP contribution in [0.15, 0.2) is 34.9 Å². The molecular weight excluding hydrogens is 302 g/mol. The minimum atomic E-state index is 0.181. The third-order valence-electron chi connectivity index (χ3n) is 2.61. The number of halogens is 2. The summed E-state index contributed by atoms with van der Waals surface area (Å²) in [6, 6.07) is 7.88. The van der Waals surface area contributed by atoms with E-state index >= 15 is 0 Å². The maximum Gasteiger partial charge on any atom is 0.0654 e. The topological polar surface area (TPSA) is 29.9 Å². The Morgan fingerprint density at radius 2 is 2.18 bits per heavy atom. The monoisotopic (exact) mass is 313 g/mol. The van der Waals surface area contributed by atoms with Crippen molar-refractivity contribution in [3.8, 4) is 0 Å². The normalized spacial score (nSPS) is 12.5. The molecule has 1 unspecified atom stereocenters. The Labute approximate surface area is 114 Å². The first kappa shape index (κ1) is 12.5. The maximum absolute atomic E-state index is 5.91. The van der Waals surface area contributed by atoms with Gasteiger partial charge in [0.05, 0.1) is 11.7 Å². The van der Waals surface area contributed by atoms with Gasteiger partial charge in [0.2, 0.25) is 0 Å². The van der Waals surface area contributed by atoms with Gasteiger partial charge in [-0.15, -0.1) is 0 Å². The van der Waals surface area contributed by atoms with Crippen LogP contribution >= 0.6 is 27.5 Å². The Kier molecular flexibility index (Phi) is 3.74. The fourth-order valence-electron chi connectivity index (χ4n) is 1.72. The van der Waals surface area contributed by atoms with Gasteiger partial charge < -0.3 is 5.32 Å². The SMILES string of the molecule is CC(Nc1ccc(Cl)cc1Br)c1ccnn1C. The van der Waals surface area contributed by atoms with Crippen LogP contribution in [0.3, 0.4) is 0 Å². The zero-order valence-electron chi connectivity index (χ0n) is 9.61. The molecule has 0 aliphatic heterocycles. The molecule has 3 nitrogen and oxygen atoms in total. The second-order valence-corrected chi connectivity index (χ2v) is 5.16. The number of nitrogens with zero attached hydrogens (tertiary/aromatic N) is 2. The highest BCUT2D eigenvalue weighted by molar-refractivity contribution is 9.10. The summed E-state index contributed by atoms with van der Waals surface area (Å²) in [7, 11) is 1.93. The molecule has 0 saturated carbocycles. The number of aryl methyl sites for hydroxylation is 1. The van der Waals surface area contributed by atoms with Crippen LogP contribution in [0.2, 0.25) is 5.02 Å². The summed E-state index contributed by atoms with van der Waals surface area (Å²) >= 11 is 9.39. The largest absolute Gasteiger partial charge is 0.376 e. The zero-order chi connectivity index (χ0) is 12.4. The average molecular weight is 315 g/mol. The number of benzene rings is 1.